The van der Waals surface area contributed by atoms with Crippen LogP contribution in [0.4, 0.5) is 0 Å². The predicted octanol–water partition coefficient (Wildman–Crippen LogP) is 5.09. The van der Waals surface area contributed by atoms with Gasteiger partial charge in [0.15, 0.2) is 5.11 Å². The molecule has 4 rings (SSSR count). The van der Waals surface area contributed by atoms with Gasteiger partial charge in [-0.2, -0.15) is 5.26 Å². The predicted molar refractivity (Wildman–Crippen MR) is 154 cm³/mol. The molecule has 1 amide bonds. The number of hydrogen-bond acceptors (Lipinski definition) is 4. The highest BCUT2D eigenvalue weighted by Crippen LogP contribution is 2.27. The van der Waals surface area contributed by atoms with Crippen molar-refractivity contribution >= 4 is 46.4 Å². The molecule has 0 radical (unpaired) electrons. The highest BCUT2D eigenvalue weighted by Gasteiger charge is 2.20. The molecule has 10 heteroatoms. The molecule has 3 aromatic rings. The monoisotopic (exact) mass is 568 g/mol. The smallest absolute Gasteiger partial charge is 0.226 e. The van der Waals surface area contributed by atoms with Crippen LogP contribution in [0.2, 0.25) is 10.0 Å². The summed E-state index contributed by atoms with van der Waals surface area (Å²) in [4.78, 5) is 19.0. The van der Waals surface area contributed by atoms with Crippen LogP contribution in [-0.4, -0.2) is 44.6 Å². The number of carbonyl (C=O) groups is 1. The van der Waals surface area contributed by atoms with Crippen LogP contribution in [0.25, 0.3) is 0 Å². The third kappa shape index (κ3) is 7.70. The summed E-state index contributed by atoms with van der Waals surface area (Å²) >= 11 is 18.4. The van der Waals surface area contributed by atoms with Crippen LogP contribution < -0.4 is 10.6 Å². The Morgan fingerprint density at radius 3 is 2.68 bits per heavy atom. The van der Waals surface area contributed by atoms with Gasteiger partial charge in [0.1, 0.15) is 0 Å². The van der Waals surface area contributed by atoms with Gasteiger partial charge in [-0.3, -0.25) is 4.79 Å². The Kier molecular flexibility index (Phi) is 9.99. The van der Waals surface area contributed by atoms with Crippen LogP contribution >= 0.6 is 35.4 Å². The zero-order valence-corrected chi connectivity index (χ0v) is 23.3. The van der Waals surface area contributed by atoms with Crippen molar-refractivity contribution in [1.29, 1.82) is 5.26 Å². The minimum absolute atomic E-state index is 0.0954. The molecule has 1 fully saturated rings. The number of nitriles is 1. The molecule has 0 atom stereocenters. The van der Waals surface area contributed by atoms with Gasteiger partial charge in [0.05, 0.1) is 34.4 Å². The summed E-state index contributed by atoms with van der Waals surface area (Å²) in [7, 11) is 0. The number of aromatic nitrogens is 2. The highest BCUT2D eigenvalue weighted by atomic mass is 35.5. The minimum Gasteiger partial charge on any atom is -0.360 e. The van der Waals surface area contributed by atoms with E-state index in [-0.39, 0.29) is 12.3 Å². The number of nitrogens with zero attached hydrogens (tertiary/aromatic N) is 4. The molecule has 1 aromatic heterocycles. The lowest BCUT2D eigenvalue weighted by atomic mass is 10.1. The maximum absolute atomic E-state index is 12.8. The Balaban J connectivity index is 1.33. The second-order valence-electron chi connectivity index (χ2n) is 9.41. The topological polar surface area (TPSA) is 86.0 Å². The van der Waals surface area contributed by atoms with Gasteiger partial charge in [-0.25, -0.2) is 4.98 Å². The third-order valence-corrected chi connectivity index (χ3v) is 7.88. The van der Waals surface area contributed by atoms with Crippen LogP contribution in [0.15, 0.2) is 55.0 Å². The molecule has 1 saturated carbocycles. The van der Waals surface area contributed by atoms with E-state index in [1.54, 1.807) is 30.7 Å². The van der Waals surface area contributed by atoms with Crippen LogP contribution in [0.1, 0.15) is 48.1 Å². The van der Waals surface area contributed by atoms with Crippen molar-refractivity contribution in [2.75, 3.05) is 13.1 Å². The molecule has 38 heavy (non-hydrogen) atoms. The molecule has 7 nitrogen and oxygen atoms in total. The third-order valence-electron chi connectivity index (χ3n) is 6.64. The van der Waals surface area contributed by atoms with Crippen molar-refractivity contribution in [1.82, 2.24) is 25.1 Å². The normalized spacial score (nSPS) is 13.2. The number of carbonyl (C=O) groups excluding carboxylic acids is 1. The van der Waals surface area contributed by atoms with Gasteiger partial charge in [-0.15, -0.1) is 0 Å². The molecule has 0 unspecified atom stereocenters. The second kappa shape index (κ2) is 13.6. The van der Waals surface area contributed by atoms with E-state index in [1.807, 2.05) is 33.7 Å². The number of imidazole rings is 1. The van der Waals surface area contributed by atoms with Crippen LogP contribution in [0.3, 0.4) is 0 Å². The van der Waals surface area contributed by atoms with Gasteiger partial charge in [0.2, 0.25) is 5.91 Å². The quantitative estimate of drug-likeness (QED) is 0.331. The molecule has 0 saturated heterocycles. The van der Waals surface area contributed by atoms with Gasteiger partial charge < -0.3 is 20.1 Å². The molecule has 2 aromatic carbocycles. The van der Waals surface area contributed by atoms with Crippen LogP contribution in [0, 0.1) is 11.3 Å². The lowest BCUT2D eigenvalue weighted by Crippen LogP contribution is -2.46. The first-order chi connectivity index (χ1) is 18.4. The number of nitrogens with one attached hydrogen (secondary N) is 2. The SMILES string of the molecule is N#Cc1ccc(Cn2cncc2CC(=O)NCCN(Cc2cccc(Cl)c2Cl)C(=S)NC2CCCC2)cc1. The van der Waals surface area contributed by atoms with Gasteiger partial charge in [0.25, 0.3) is 0 Å². The lowest BCUT2D eigenvalue weighted by molar-refractivity contribution is -0.120. The van der Waals surface area contributed by atoms with Crippen molar-refractivity contribution in [3.8, 4) is 6.07 Å². The number of halogens is 2. The summed E-state index contributed by atoms with van der Waals surface area (Å²) in [5, 5.41) is 17.2. The number of hydrogen-bond donors (Lipinski definition) is 2. The van der Waals surface area contributed by atoms with Crippen molar-refractivity contribution in [2.24, 2.45) is 0 Å². The van der Waals surface area contributed by atoms with Gasteiger partial charge in [-0.05, 0) is 54.4 Å². The van der Waals surface area contributed by atoms with E-state index < -0.39 is 0 Å². The average molecular weight is 570 g/mol. The molecule has 1 heterocycles. The van der Waals surface area contributed by atoms with Crippen molar-refractivity contribution in [3.05, 3.63) is 87.4 Å². The van der Waals surface area contributed by atoms with Crippen LogP contribution in [-0.2, 0) is 24.3 Å². The molecular weight excluding hydrogens is 539 g/mol. The Labute approximate surface area is 238 Å². The Hall–Kier alpha value is -3.12. The molecule has 0 aliphatic heterocycles. The minimum atomic E-state index is -0.0954. The van der Waals surface area contributed by atoms with E-state index in [2.05, 4.69) is 21.7 Å². The summed E-state index contributed by atoms with van der Waals surface area (Å²) in [5.74, 6) is -0.0954. The Morgan fingerprint density at radius 2 is 1.95 bits per heavy atom. The molecule has 198 valence electrons. The fourth-order valence-corrected chi connectivity index (χ4v) is 5.24. The maximum atomic E-state index is 12.8. The summed E-state index contributed by atoms with van der Waals surface area (Å²) in [6, 6.07) is 15.5. The largest absolute Gasteiger partial charge is 0.360 e. The number of amides is 1. The van der Waals surface area contributed by atoms with E-state index in [4.69, 9.17) is 40.7 Å². The van der Waals surface area contributed by atoms with E-state index in [0.29, 0.717) is 52.9 Å². The summed E-state index contributed by atoms with van der Waals surface area (Å²) in [6.45, 7) is 2.01. The van der Waals surface area contributed by atoms with E-state index in [9.17, 15) is 4.79 Å². The van der Waals surface area contributed by atoms with E-state index in [1.165, 1.54) is 12.8 Å². The Bertz CT molecular complexity index is 1300. The van der Waals surface area contributed by atoms with Gasteiger partial charge in [-0.1, -0.05) is 60.3 Å². The van der Waals surface area contributed by atoms with Gasteiger partial charge >= 0.3 is 0 Å². The maximum Gasteiger partial charge on any atom is 0.226 e. The van der Waals surface area contributed by atoms with E-state index >= 15 is 0 Å². The molecule has 1 aliphatic carbocycles. The first-order valence-electron chi connectivity index (χ1n) is 12.7. The molecule has 2 N–H and O–H groups in total. The standard InChI is InChI=1S/C28H30Cl2N6OS/c29-25-7-3-4-22(27(25)30)18-35(28(38)34-23-5-1-2-6-23)13-12-33-26(37)14-24-16-32-19-36(24)17-21-10-8-20(15-31)9-11-21/h3-4,7-11,16,19,23H,1-2,5-6,12-14,17-18H2,(H,33,37)(H,34,38). The Morgan fingerprint density at radius 1 is 1.18 bits per heavy atom. The first-order valence-corrected chi connectivity index (χ1v) is 13.8. The van der Waals surface area contributed by atoms with Crippen LogP contribution in [0.5, 0.6) is 0 Å². The molecule has 0 bridgehead atoms. The van der Waals surface area contributed by atoms with Crippen molar-refractivity contribution in [3.63, 3.8) is 0 Å². The fraction of sp³-hybridized carbons (Fsp3) is 0.357. The van der Waals surface area contributed by atoms with E-state index in [0.717, 1.165) is 29.7 Å². The lowest BCUT2D eigenvalue weighted by Gasteiger charge is -2.28. The summed E-state index contributed by atoms with van der Waals surface area (Å²) in [6.07, 6.45) is 8.26. The van der Waals surface area contributed by atoms with Crippen molar-refractivity contribution in [2.45, 2.75) is 51.2 Å². The first kappa shape index (κ1) is 27.9. The zero-order chi connectivity index (χ0) is 26.9. The number of thiocarbonyl (C=S) groups is 1. The van der Waals surface area contributed by atoms with Gasteiger partial charge in [0, 0.05) is 44.1 Å². The van der Waals surface area contributed by atoms with Crippen molar-refractivity contribution < 1.29 is 4.79 Å². The summed E-state index contributed by atoms with van der Waals surface area (Å²) in [5.41, 5.74) is 3.34. The molecular formula is C28H30Cl2N6OS. The second-order valence-corrected chi connectivity index (χ2v) is 10.6. The number of rotatable bonds is 10. The zero-order valence-electron chi connectivity index (χ0n) is 21.0. The average Bonchev–Trinajstić information content (AvgIpc) is 3.58. The summed E-state index contributed by atoms with van der Waals surface area (Å²) < 4.78 is 1.94. The molecule has 1 aliphatic rings. The number of benzene rings is 2. The molecule has 0 spiro atoms. The fourth-order valence-electron chi connectivity index (χ4n) is 4.54. The highest BCUT2D eigenvalue weighted by molar-refractivity contribution is 7.80.